The van der Waals surface area contributed by atoms with E-state index in [9.17, 15) is 18.0 Å². The van der Waals surface area contributed by atoms with Gasteiger partial charge in [0.15, 0.2) is 0 Å². The number of hydrazone groups is 1. The minimum absolute atomic E-state index is 0.0646. The number of ether oxygens (including phenoxy) is 3. The van der Waals surface area contributed by atoms with Gasteiger partial charge < -0.3 is 14.2 Å². The monoisotopic (exact) mass is 446 g/mol. The highest BCUT2D eigenvalue weighted by atomic mass is 19.4. The Labute approximate surface area is 180 Å². The van der Waals surface area contributed by atoms with Crippen molar-refractivity contribution in [1.82, 2.24) is 15.4 Å². The van der Waals surface area contributed by atoms with Gasteiger partial charge in [-0.1, -0.05) is 24.3 Å². The minimum Gasteiger partial charge on any atom is -0.481 e. The van der Waals surface area contributed by atoms with Gasteiger partial charge in [0, 0.05) is 5.56 Å². The summed E-state index contributed by atoms with van der Waals surface area (Å²) in [4.78, 5) is 20.3. The number of nitrogens with one attached hydrogen (secondary N) is 1. The molecule has 1 N–H and O–H groups in total. The third-order valence-electron chi connectivity index (χ3n) is 4.04. The topological polar surface area (TPSA) is 94.9 Å². The third kappa shape index (κ3) is 5.50. The summed E-state index contributed by atoms with van der Waals surface area (Å²) in [7, 11) is 2.84. The predicted molar refractivity (Wildman–Crippen MR) is 108 cm³/mol. The second kappa shape index (κ2) is 9.77. The number of para-hydroxylation sites is 1. The van der Waals surface area contributed by atoms with E-state index in [0.717, 1.165) is 12.1 Å². The van der Waals surface area contributed by atoms with E-state index in [1.54, 1.807) is 24.3 Å². The van der Waals surface area contributed by atoms with Gasteiger partial charge in [-0.25, -0.2) is 5.43 Å². The van der Waals surface area contributed by atoms with E-state index in [1.165, 1.54) is 38.6 Å². The van der Waals surface area contributed by atoms with Crippen molar-refractivity contribution in [3.8, 4) is 23.5 Å². The van der Waals surface area contributed by atoms with Gasteiger partial charge in [-0.2, -0.15) is 28.2 Å². The molecule has 0 unspecified atom stereocenters. The molecule has 32 heavy (non-hydrogen) atoms. The Kier molecular flexibility index (Phi) is 6.88. The number of hydrogen-bond acceptors (Lipinski definition) is 7. The number of carbonyl (C=O) groups excluding carboxylic acids is 1. The van der Waals surface area contributed by atoms with Crippen LogP contribution < -0.4 is 19.6 Å². The number of halogens is 3. The van der Waals surface area contributed by atoms with E-state index >= 15 is 0 Å². The summed E-state index contributed by atoms with van der Waals surface area (Å²) < 4.78 is 55.1. The number of hydrogen-bond donors (Lipinski definition) is 1. The van der Waals surface area contributed by atoms with Crippen molar-refractivity contribution < 1.29 is 32.2 Å². The minimum atomic E-state index is -4.67. The summed E-state index contributed by atoms with van der Waals surface area (Å²) in [6.45, 7) is 0. The average molecular weight is 446 g/mol. The van der Waals surface area contributed by atoms with E-state index < -0.39 is 23.2 Å². The number of benzene rings is 2. The highest BCUT2D eigenvalue weighted by Gasteiger charge is 2.34. The molecule has 0 radical (unpaired) electrons. The molecule has 1 aromatic heterocycles. The van der Waals surface area contributed by atoms with Crippen molar-refractivity contribution in [2.24, 2.45) is 5.10 Å². The Bertz CT molecular complexity index is 1110. The number of methoxy groups -OCH3 is 2. The van der Waals surface area contributed by atoms with Crippen LogP contribution in [0.25, 0.3) is 0 Å². The summed E-state index contributed by atoms with van der Waals surface area (Å²) in [5, 5.41) is 3.75. The van der Waals surface area contributed by atoms with Crippen LogP contribution in [0.3, 0.4) is 0 Å². The highest BCUT2D eigenvalue weighted by molar-refractivity contribution is 5.96. The predicted octanol–water partition coefficient (Wildman–Crippen LogP) is 4.07. The van der Waals surface area contributed by atoms with Crippen molar-refractivity contribution in [2.75, 3.05) is 14.2 Å². The molecule has 1 amide bonds. The van der Waals surface area contributed by atoms with Crippen LogP contribution in [0.2, 0.25) is 0 Å². The maximum absolute atomic E-state index is 13.1. The SMILES string of the molecule is COc1cc(OC)nc(Oc2ccccc2/C=N/NC(=O)c2ccccc2C(F)(F)F)n1. The molecule has 0 bridgehead atoms. The van der Waals surface area contributed by atoms with E-state index in [-0.39, 0.29) is 23.5 Å². The fourth-order valence-corrected chi connectivity index (χ4v) is 2.57. The molecule has 0 aliphatic rings. The van der Waals surface area contributed by atoms with Crippen LogP contribution in [-0.2, 0) is 6.18 Å². The fraction of sp³-hybridized carbons (Fsp3) is 0.143. The first-order valence-electron chi connectivity index (χ1n) is 9.05. The fourth-order valence-electron chi connectivity index (χ4n) is 2.57. The quantitative estimate of drug-likeness (QED) is 0.434. The number of alkyl halides is 3. The average Bonchev–Trinajstić information content (AvgIpc) is 2.79. The van der Waals surface area contributed by atoms with Gasteiger partial charge in [0.05, 0.1) is 37.6 Å². The lowest BCUT2D eigenvalue weighted by Crippen LogP contribution is -2.22. The molecule has 166 valence electrons. The second-order valence-electron chi connectivity index (χ2n) is 6.12. The number of rotatable bonds is 7. The molecule has 3 aromatic rings. The van der Waals surface area contributed by atoms with Crippen LogP contribution in [0.4, 0.5) is 13.2 Å². The smallest absolute Gasteiger partial charge is 0.417 e. The normalized spacial score (nSPS) is 11.3. The molecule has 0 atom stereocenters. The zero-order valence-electron chi connectivity index (χ0n) is 16.9. The number of nitrogens with zero attached hydrogens (tertiary/aromatic N) is 3. The number of carbonyl (C=O) groups is 1. The third-order valence-corrected chi connectivity index (χ3v) is 4.04. The lowest BCUT2D eigenvalue weighted by atomic mass is 10.1. The van der Waals surface area contributed by atoms with E-state index in [4.69, 9.17) is 14.2 Å². The van der Waals surface area contributed by atoms with Gasteiger partial charge >= 0.3 is 12.2 Å². The molecule has 0 fully saturated rings. The highest BCUT2D eigenvalue weighted by Crippen LogP contribution is 2.31. The lowest BCUT2D eigenvalue weighted by molar-refractivity contribution is -0.137. The van der Waals surface area contributed by atoms with E-state index in [0.29, 0.717) is 5.56 Å². The summed E-state index contributed by atoms with van der Waals surface area (Å²) >= 11 is 0. The molecule has 0 saturated heterocycles. The van der Waals surface area contributed by atoms with Gasteiger partial charge in [-0.15, -0.1) is 0 Å². The van der Waals surface area contributed by atoms with Gasteiger partial charge in [0.25, 0.3) is 5.91 Å². The van der Waals surface area contributed by atoms with Crippen molar-refractivity contribution in [1.29, 1.82) is 0 Å². The Morgan fingerprint density at radius 2 is 1.62 bits per heavy atom. The molecule has 0 spiro atoms. The molecule has 1 heterocycles. The van der Waals surface area contributed by atoms with Crippen molar-refractivity contribution >= 4 is 12.1 Å². The standard InChI is InChI=1S/C21H17F3N4O4/c1-30-17-11-18(31-2)27-20(26-17)32-16-10-6-3-7-13(16)12-25-28-19(29)14-8-4-5-9-15(14)21(22,23)24/h3-12H,1-2H3,(H,28,29)/b25-12+. The zero-order valence-corrected chi connectivity index (χ0v) is 16.9. The van der Waals surface area contributed by atoms with Crippen LogP contribution in [0.15, 0.2) is 59.7 Å². The Hall–Kier alpha value is -4.15. The lowest BCUT2D eigenvalue weighted by Gasteiger charge is -2.11. The molecular weight excluding hydrogens is 429 g/mol. The molecule has 0 aliphatic carbocycles. The van der Waals surface area contributed by atoms with Crippen LogP contribution >= 0.6 is 0 Å². The summed E-state index contributed by atoms with van der Waals surface area (Å²) in [5.41, 5.74) is 0.898. The maximum Gasteiger partial charge on any atom is 0.417 e. The van der Waals surface area contributed by atoms with Crippen molar-refractivity contribution in [3.05, 3.63) is 71.3 Å². The van der Waals surface area contributed by atoms with Crippen molar-refractivity contribution in [3.63, 3.8) is 0 Å². The molecule has 0 aliphatic heterocycles. The Balaban J connectivity index is 1.78. The maximum atomic E-state index is 13.1. The molecule has 8 nitrogen and oxygen atoms in total. The molecule has 0 saturated carbocycles. The molecule has 11 heteroatoms. The Morgan fingerprint density at radius 3 is 2.28 bits per heavy atom. The number of aromatic nitrogens is 2. The number of amides is 1. The van der Waals surface area contributed by atoms with Gasteiger partial charge in [-0.05, 0) is 24.3 Å². The molecule has 2 aromatic carbocycles. The van der Waals surface area contributed by atoms with Crippen LogP contribution in [-0.4, -0.2) is 36.3 Å². The first-order chi connectivity index (χ1) is 15.3. The molecule has 3 rings (SSSR count). The van der Waals surface area contributed by atoms with Gasteiger partial charge in [0.2, 0.25) is 11.8 Å². The summed E-state index contributed by atoms with van der Waals surface area (Å²) in [5.74, 6) is -0.299. The first kappa shape index (κ1) is 22.5. The Morgan fingerprint density at radius 1 is 1.00 bits per heavy atom. The van der Waals surface area contributed by atoms with Gasteiger partial charge in [-0.3, -0.25) is 4.79 Å². The summed E-state index contributed by atoms with van der Waals surface area (Å²) in [6, 6.07) is 12.4. The first-order valence-corrected chi connectivity index (χ1v) is 9.05. The van der Waals surface area contributed by atoms with Crippen LogP contribution in [0.1, 0.15) is 21.5 Å². The summed E-state index contributed by atoms with van der Waals surface area (Å²) in [6.07, 6.45) is -3.45. The van der Waals surface area contributed by atoms with Gasteiger partial charge in [0.1, 0.15) is 5.75 Å². The van der Waals surface area contributed by atoms with Crippen LogP contribution in [0, 0.1) is 0 Å². The molecular formula is C21H17F3N4O4. The van der Waals surface area contributed by atoms with E-state index in [2.05, 4.69) is 20.5 Å². The van der Waals surface area contributed by atoms with Crippen LogP contribution in [0.5, 0.6) is 23.5 Å². The second-order valence-corrected chi connectivity index (χ2v) is 6.12. The largest absolute Gasteiger partial charge is 0.481 e. The van der Waals surface area contributed by atoms with E-state index in [1.807, 2.05) is 0 Å². The van der Waals surface area contributed by atoms with Crippen molar-refractivity contribution in [2.45, 2.75) is 6.18 Å². The zero-order chi connectivity index (χ0) is 23.1.